The van der Waals surface area contributed by atoms with Crippen LogP contribution < -0.4 is 0 Å². The van der Waals surface area contributed by atoms with Gasteiger partial charge < -0.3 is 10.1 Å². The largest absolute Gasteiger partial charge is 0.480 e. The van der Waals surface area contributed by atoms with Gasteiger partial charge in [-0.2, -0.15) is 0 Å². The highest BCUT2D eigenvalue weighted by Gasteiger charge is 2.30. The number of hydrogen-bond donors (Lipinski definition) is 2. The number of carboxylic acid groups (broad SMARTS) is 1. The van der Waals surface area contributed by atoms with Gasteiger partial charge in [-0.05, 0) is 37.6 Å². The van der Waals surface area contributed by atoms with Crippen molar-refractivity contribution in [2.75, 3.05) is 0 Å². The Morgan fingerprint density at radius 2 is 1.95 bits per heavy atom. The van der Waals surface area contributed by atoms with E-state index in [1.807, 2.05) is 42.6 Å². The Kier molecular flexibility index (Phi) is 3.66. The Morgan fingerprint density at radius 1 is 1.18 bits per heavy atom. The van der Waals surface area contributed by atoms with Crippen LogP contribution in [0.5, 0.6) is 0 Å². The standard InChI is InChI=1S/C17H16N2O2S/c1-17(2,16(20)21)22-15-13(6-4-9-19-15)11-5-3-7-14-12(11)8-10-18-14/h3-10,18H,1-2H3,(H,20,21). The maximum absolute atomic E-state index is 11.4. The summed E-state index contributed by atoms with van der Waals surface area (Å²) in [6.07, 6.45) is 3.60. The fourth-order valence-electron chi connectivity index (χ4n) is 2.28. The third-order valence-electron chi connectivity index (χ3n) is 3.52. The number of benzene rings is 1. The van der Waals surface area contributed by atoms with E-state index in [-0.39, 0.29) is 0 Å². The first-order valence-corrected chi connectivity index (χ1v) is 7.74. The molecule has 0 amide bonds. The maximum atomic E-state index is 11.4. The van der Waals surface area contributed by atoms with Crippen LogP contribution in [0.25, 0.3) is 22.0 Å². The van der Waals surface area contributed by atoms with E-state index in [2.05, 4.69) is 9.97 Å². The molecule has 2 N–H and O–H groups in total. The van der Waals surface area contributed by atoms with Gasteiger partial charge in [-0.3, -0.25) is 4.79 Å². The fraction of sp³-hybridized carbons (Fsp3) is 0.176. The maximum Gasteiger partial charge on any atom is 0.319 e. The molecule has 0 unspecified atom stereocenters. The number of fused-ring (bicyclic) bond motifs is 1. The SMILES string of the molecule is CC(C)(Sc1ncccc1-c1cccc2[nH]ccc12)C(=O)O. The van der Waals surface area contributed by atoms with Gasteiger partial charge in [0.05, 0.1) is 0 Å². The van der Waals surface area contributed by atoms with Crippen molar-refractivity contribution < 1.29 is 9.90 Å². The van der Waals surface area contributed by atoms with Crippen LogP contribution in [0.2, 0.25) is 0 Å². The molecule has 0 saturated heterocycles. The summed E-state index contributed by atoms with van der Waals surface area (Å²) in [5, 5.41) is 11.2. The second-order valence-corrected chi connectivity index (χ2v) is 7.13. The minimum atomic E-state index is -0.935. The predicted molar refractivity (Wildman–Crippen MR) is 89.1 cm³/mol. The van der Waals surface area contributed by atoms with Crippen LogP contribution in [0.3, 0.4) is 0 Å². The number of nitrogens with one attached hydrogen (secondary N) is 1. The number of carbonyl (C=O) groups is 1. The van der Waals surface area contributed by atoms with Crippen molar-refractivity contribution in [3.05, 3.63) is 48.8 Å². The molecule has 0 spiro atoms. The molecule has 0 radical (unpaired) electrons. The van der Waals surface area contributed by atoms with Crippen LogP contribution in [-0.2, 0) is 4.79 Å². The third kappa shape index (κ3) is 2.60. The van der Waals surface area contributed by atoms with E-state index in [0.717, 1.165) is 27.1 Å². The first kappa shape index (κ1) is 14.7. The molecule has 2 aromatic heterocycles. The van der Waals surface area contributed by atoms with Crippen molar-refractivity contribution >= 4 is 28.6 Å². The van der Waals surface area contributed by atoms with Crippen LogP contribution in [0, 0.1) is 0 Å². The average Bonchev–Trinajstić information content (AvgIpc) is 2.95. The molecule has 1 aromatic carbocycles. The summed E-state index contributed by atoms with van der Waals surface area (Å²) in [6, 6.07) is 11.9. The van der Waals surface area contributed by atoms with Gasteiger partial charge in [-0.1, -0.05) is 30.0 Å². The average molecular weight is 312 g/mol. The molecule has 4 nitrogen and oxygen atoms in total. The molecule has 0 aliphatic rings. The zero-order valence-corrected chi connectivity index (χ0v) is 13.1. The Bertz CT molecular complexity index is 839. The number of aromatic amines is 1. The summed E-state index contributed by atoms with van der Waals surface area (Å²) in [5.41, 5.74) is 3.05. The minimum Gasteiger partial charge on any atom is -0.480 e. The van der Waals surface area contributed by atoms with E-state index < -0.39 is 10.7 Å². The quantitative estimate of drug-likeness (QED) is 0.709. The van der Waals surface area contributed by atoms with E-state index in [0.29, 0.717) is 0 Å². The molecule has 5 heteroatoms. The van der Waals surface area contributed by atoms with Crippen LogP contribution in [0.15, 0.2) is 53.8 Å². The van der Waals surface area contributed by atoms with Crippen molar-refractivity contribution in [2.24, 2.45) is 0 Å². The summed E-state index contributed by atoms with van der Waals surface area (Å²) < 4.78 is -0.935. The van der Waals surface area contributed by atoms with Crippen LogP contribution in [-0.4, -0.2) is 25.8 Å². The van der Waals surface area contributed by atoms with Crippen molar-refractivity contribution in [3.8, 4) is 11.1 Å². The first-order valence-electron chi connectivity index (χ1n) is 6.93. The number of pyridine rings is 1. The van der Waals surface area contributed by atoms with Gasteiger partial charge in [0.1, 0.15) is 9.77 Å². The Balaban J connectivity index is 2.13. The van der Waals surface area contributed by atoms with Gasteiger partial charge in [-0.25, -0.2) is 4.98 Å². The highest BCUT2D eigenvalue weighted by Crippen LogP contribution is 2.39. The third-order valence-corrected chi connectivity index (χ3v) is 4.73. The molecule has 0 fully saturated rings. The zero-order valence-electron chi connectivity index (χ0n) is 12.3. The number of H-pyrrole nitrogens is 1. The first-order chi connectivity index (χ1) is 10.5. The number of nitrogens with zero attached hydrogens (tertiary/aromatic N) is 1. The normalized spacial score (nSPS) is 11.7. The fourth-order valence-corrected chi connectivity index (χ4v) is 3.25. The summed E-state index contributed by atoms with van der Waals surface area (Å²) in [4.78, 5) is 19.0. The van der Waals surface area contributed by atoms with Crippen LogP contribution in [0.4, 0.5) is 0 Å². The Labute approximate surface area is 132 Å². The van der Waals surface area contributed by atoms with Gasteiger partial charge >= 0.3 is 5.97 Å². The molecule has 3 aromatic rings. The van der Waals surface area contributed by atoms with Crippen molar-refractivity contribution in [1.29, 1.82) is 0 Å². The molecule has 22 heavy (non-hydrogen) atoms. The van der Waals surface area contributed by atoms with Gasteiger partial charge in [0.15, 0.2) is 0 Å². The zero-order chi connectivity index (χ0) is 15.7. The van der Waals surface area contributed by atoms with Crippen molar-refractivity contribution in [3.63, 3.8) is 0 Å². The molecule has 112 valence electrons. The number of aromatic nitrogens is 2. The monoisotopic (exact) mass is 312 g/mol. The highest BCUT2D eigenvalue weighted by molar-refractivity contribution is 8.01. The molecular weight excluding hydrogens is 296 g/mol. The molecule has 0 aliphatic carbocycles. The van der Waals surface area contributed by atoms with E-state index in [9.17, 15) is 9.90 Å². The molecule has 0 bridgehead atoms. The number of rotatable bonds is 4. The molecule has 0 atom stereocenters. The van der Waals surface area contributed by atoms with Gasteiger partial charge in [0.25, 0.3) is 0 Å². The molecule has 2 heterocycles. The second-order valence-electron chi connectivity index (χ2n) is 5.52. The second kappa shape index (κ2) is 5.50. The summed E-state index contributed by atoms with van der Waals surface area (Å²) >= 11 is 1.27. The highest BCUT2D eigenvalue weighted by atomic mass is 32.2. The summed E-state index contributed by atoms with van der Waals surface area (Å²) in [7, 11) is 0. The summed E-state index contributed by atoms with van der Waals surface area (Å²) in [5.74, 6) is -0.853. The van der Waals surface area contributed by atoms with Gasteiger partial charge in [-0.15, -0.1) is 0 Å². The van der Waals surface area contributed by atoms with E-state index in [4.69, 9.17) is 0 Å². The smallest absolute Gasteiger partial charge is 0.319 e. The van der Waals surface area contributed by atoms with Gasteiger partial charge in [0, 0.05) is 28.9 Å². The molecule has 0 aliphatic heterocycles. The minimum absolute atomic E-state index is 0.726. The van der Waals surface area contributed by atoms with Crippen LogP contribution >= 0.6 is 11.8 Å². The molecule has 3 rings (SSSR count). The topological polar surface area (TPSA) is 66.0 Å². The number of aliphatic carboxylic acids is 1. The molecular formula is C17H16N2O2S. The van der Waals surface area contributed by atoms with E-state index >= 15 is 0 Å². The number of hydrogen-bond acceptors (Lipinski definition) is 3. The lowest BCUT2D eigenvalue weighted by Crippen LogP contribution is -2.27. The number of thioether (sulfide) groups is 1. The number of carboxylic acids is 1. The predicted octanol–water partition coefficient (Wildman–Crippen LogP) is 4.19. The molecule has 0 saturated carbocycles. The van der Waals surface area contributed by atoms with E-state index in [1.54, 1.807) is 20.0 Å². The van der Waals surface area contributed by atoms with E-state index in [1.165, 1.54) is 11.8 Å². The van der Waals surface area contributed by atoms with Crippen molar-refractivity contribution in [2.45, 2.75) is 23.6 Å². The summed E-state index contributed by atoms with van der Waals surface area (Å²) in [6.45, 7) is 3.38. The van der Waals surface area contributed by atoms with Crippen molar-refractivity contribution in [1.82, 2.24) is 9.97 Å². The lowest BCUT2D eigenvalue weighted by molar-refractivity contribution is -0.138. The lowest BCUT2D eigenvalue weighted by atomic mass is 10.0. The Hall–Kier alpha value is -2.27. The van der Waals surface area contributed by atoms with Gasteiger partial charge in [0.2, 0.25) is 0 Å². The lowest BCUT2D eigenvalue weighted by Gasteiger charge is -2.19. The Morgan fingerprint density at radius 3 is 2.73 bits per heavy atom. The van der Waals surface area contributed by atoms with Crippen LogP contribution in [0.1, 0.15) is 13.8 Å².